The Balaban J connectivity index is 0.000000216. The van der Waals surface area contributed by atoms with Crippen LogP contribution < -0.4 is 6.25 Å². The molecule has 0 aliphatic carbocycles. The molecule has 0 amide bonds. The molecule has 0 aliphatic rings. The third kappa shape index (κ3) is 9.66. The second-order valence-electron chi connectivity index (χ2n) is 4.33. The quantitative estimate of drug-likeness (QED) is 0.271. The van der Waals surface area contributed by atoms with Crippen LogP contribution in [0.15, 0.2) is 72.8 Å². The van der Waals surface area contributed by atoms with Crippen LogP contribution in [-0.4, -0.2) is 24.2 Å². The van der Waals surface area contributed by atoms with E-state index >= 15 is 0 Å². The average molecular weight is 540 g/mol. The van der Waals surface area contributed by atoms with E-state index in [-0.39, 0.29) is 17.1 Å². The van der Waals surface area contributed by atoms with Gasteiger partial charge in [0.15, 0.2) is 0 Å². The van der Waals surface area contributed by atoms with Gasteiger partial charge in [-0.2, -0.15) is 0 Å². The van der Waals surface area contributed by atoms with Crippen molar-refractivity contribution in [2.75, 3.05) is 0 Å². The Bertz CT molecular complexity index is 588. The third-order valence-electron chi connectivity index (χ3n) is 2.63. The summed E-state index contributed by atoms with van der Waals surface area (Å²) in [4.78, 5) is 0. The van der Waals surface area contributed by atoms with Crippen LogP contribution in [0.4, 0.5) is 0 Å². The van der Waals surface area contributed by atoms with Crippen LogP contribution in [0.2, 0.25) is 0 Å². The van der Waals surface area contributed by atoms with Gasteiger partial charge < -0.3 is 60.7 Å². The van der Waals surface area contributed by atoms with Crippen molar-refractivity contribution in [3.63, 3.8) is 0 Å². The Morgan fingerprint density at radius 2 is 0.875 bits per heavy atom. The van der Waals surface area contributed by atoms with Crippen LogP contribution in [-0.2, 0) is 17.1 Å². The summed E-state index contributed by atoms with van der Waals surface area (Å²) in [6, 6.07) is 45.7. The predicted molar refractivity (Wildman–Crippen MR) is 94.1 cm³/mol. The fraction of sp³-hybridized carbons (Fsp3) is 0. The first kappa shape index (κ1) is 20.6. The standard InChI is InChI=1S/2C6H5.2C5H.Fe.Pb.H/c2*1-2-4-6-5-3-1;2*1-2-4-5-3-1;;;/h2*1-5H;2*1H;;;/q;;2*-5;+2;;. The molecular formula is C22H13FePb-8. The van der Waals surface area contributed by atoms with Gasteiger partial charge in [-0.25, -0.2) is 0 Å². The Labute approximate surface area is 168 Å². The van der Waals surface area contributed by atoms with Crippen molar-refractivity contribution in [2.24, 2.45) is 0 Å². The van der Waals surface area contributed by atoms with Crippen molar-refractivity contribution in [3.05, 3.63) is 121 Å². The molecule has 0 aromatic heterocycles. The molecule has 0 saturated heterocycles. The molecule has 0 saturated carbocycles. The molecule has 0 atom stereocenters. The van der Waals surface area contributed by atoms with Crippen molar-refractivity contribution >= 4 is 30.5 Å². The molecular weight excluding hydrogens is 527 g/mol. The van der Waals surface area contributed by atoms with Crippen molar-refractivity contribution in [2.45, 2.75) is 0 Å². The number of rotatable bonds is 2. The first-order valence-corrected chi connectivity index (χ1v) is 11.5. The fourth-order valence-corrected chi connectivity index (χ4v) is 6.37. The Morgan fingerprint density at radius 1 is 0.542 bits per heavy atom. The second kappa shape index (κ2) is 14.0. The van der Waals surface area contributed by atoms with E-state index in [0.29, 0.717) is 0 Å². The first-order chi connectivity index (χ1) is 11.4. The van der Waals surface area contributed by atoms with E-state index in [1.165, 1.54) is 0 Å². The van der Waals surface area contributed by atoms with Gasteiger partial charge >= 0.3 is 108 Å². The Hall–Kier alpha value is -1.42. The topological polar surface area (TPSA) is 0 Å². The summed E-state index contributed by atoms with van der Waals surface area (Å²) < 4.78 is 3.16. The number of benzene rings is 2. The van der Waals surface area contributed by atoms with E-state index in [0.717, 1.165) is 0 Å². The summed E-state index contributed by atoms with van der Waals surface area (Å²) in [5.74, 6) is 0. The molecule has 0 N–H and O–H groups in total. The van der Waals surface area contributed by atoms with Crippen molar-refractivity contribution in [1.29, 1.82) is 0 Å². The third-order valence-corrected chi connectivity index (χ3v) is 8.22. The molecule has 1 radical (unpaired) electrons. The van der Waals surface area contributed by atoms with Crippen LogP contribution >= 0.6 is 0 Å². The Morgan fingerprint density at radius 3 is 1.12 bits per heavy atom. The van der Waals surface area contributed by atoms with Gasteiger partial charge in [-0.3, -0.25) is 0 Å². The Kier molecular flexibility index (Phi) is 12.0. The molecule has 4 rings (SSSR count). The molecule has 4 aromatic carbocycles. The van der Waals surface area contributed by atoms with E-state index in [4.69, 9.17) is 0 Å². The van der Waals surface area contributed by atoms with Gasteiger partial charge in [0.2, 0.25) is 0 Å². The van der Waals surface area contributed by atoms with Crippen LogP contribution in [0.25, 0.3) is 0 Å². The number of hydrogen-bond donors (Lipinski definition) is 0. The van der Waals surface area contributed by atoms with Crippen molar-refractivity contribution in [3.8, 4) is 0 Å². The summed E-state index contributed by atoms with van der Waals surface area (Å²) in [5.41, 5.74) is 0. The van der Waals surface area contributed by atoms with Gasteiger partial charge in [-0.05, 0) is 0 Å². The SMILES string of the molecule is [Fe+2].[c-]1[c-][c-][cH-][c-]1.[c-]1[c-][c-][cH-][c-]1.c1cc[c]([PbH][c]2ccccc2)cc1. The van der Waals surface area contributed by atoms with Crippen molar-refractivity contribution < 1.29 is 17.1 Å². The molecule has 0 bridgehead atoms. The maximum atomic E-state index is 2.62. The van der Waals surface area contributed by atoms with E-state index in [1.807, 2.05) is 0 Å². The molecule has 0 nitrogen and oxygen atoms in total. The van der Waals surface area contributed by atoms with E-state index in [2.05, 4.69) is 109 Å². The van der Waals surface area contributed by atoms with Crippen molar-refractivity contribution in [1.82, 2.24) is 0 Å². The average Bonchev–Trinajstić information content (AvgIpc) is 3.35. The minimum absolute atomic E-state index is 0. The van der Waals surface area contributed by atoms with Crippen LogP contribution in [0.1, 0.15) is 0 Å². The van der Waals surface area contributed by atoms with Gasteiger partial charge in [-0.15, -0.1) is 0 Å². The van der Waals surface area contributed by atoms with Crippen LogP contribution in [0, 0.1) is 48.5 Å². The van der Waals surface area contributed by atoms with Crippen LogP contribution in [0.3, 0.4) is 0 Å². The molecule has 24 heavy (non-hydrogen) atoms. The molecule has 0 unspecified atom stereocenters. The van der Waals surface area contributed by atoms with E-state index in [1.54, 1.807) is 18.4 Å². The molecule has 4 aromatic rings. The molecule has 0 aliphatic heterocycles. The first-order valence-electron chi connectivity index (χ1n) is 7.05. The number of hydrogen-bond acceptors (Lipinski definition) is 0. The summed E-state index contributed by atoms with van der Waals surface area (Å²) in [7, 11) is 0. The molecule has 0 spiro atoms. The maximum absolute atomic E-state index is 2.62. The monoisotopic (exact) mass is 541 g/mol. The summed E-state index contributed by atoms with van der Waals surface area (Å²) in [6.07, 6.45) is 0. The van der Waals surface area contributed by atoms with Gasteiger partial charge in [0.1, 0.15) is 0 Å². The zero-order valence-corrected chi connectivity index (χ0v) is 18.5. The van der Waals surface area contributed by atoms with Gasteiger partial charge in [0.05, 0.1) is 0 Å². The molecule has 121 valence electrons. The van der Waals surface area contributed by atoms with E-state index in [9.17, 15) is 0 Å². The van der Waals surface area contributed by atoms with Gasteiger partial charge in [0.25, 0.3) is 0 Å². The van der Waals surface area contributed by atoms with E-state index < -0.39 is 24.2 Å². The molecule has 0 fully saturated rings. The van der Waals surface area contributed by atoms with Crippen LogP contribution in [0.5, 0.6) is 0 Å². The molecule has 2 heteroatoms. The fourth-order valence-electron chi connectivity index (χ4n) is 1.65. The van der Waals surface area contributed by atoms with Gasteiger partial charge in [-0.1, -0.05) is 0 Å². The summed E-state index contributed by atoms with van der Waals surface area (Å²) in [5, 5.41) is 0. The zero-order chi connectivity index (χ0) is 16.0. The summed E-state index contributed by atoms with van der Waals surface area (Å²) >= 11 is -0.866. The minimum atomic E-state index is -0.866. The normalized spacial score (nSPS) is 8.67. The summed E-state index contributed by atoms with van der Waals surface area (Å²) in [6.45, 7) is 0. The zero-order valence-electron chi connectivity index (χ0n) is 12.9. The predicted octanol–water partition coefficient (Wildman–Crippen LogP) is 2.28. The second-order valence-corrected chi connectivity index (χ2v) is 10.6. The van der Waals surface area contributed by atoms with Gasteiger partial charge in [0, 0.05) is 0 Å². The molecule has 0 heterocycles.